The van der Waals surface area contributed by atoms with E-state index in [4.69, 9.17) is 12.2 Å². The zero-order valence-corrected chi connectivity index (χ0v) is 14.6. The van der Waals surface area contributed by atoms with Gasteiger partial charge in [-0.2, -0.15) is 0 Å². The minimum atomic E-state index is -1.40. The predicted molar refractivity (Wildman–Crippen MR) is 99.4 cm³/mol. The molecule has 0 bridgehead atoms. The van der Waals surface area contributed by atoms with Crippen LogP contribution in [0.2, 0.25) is 0 Å². The van der Waals surface area contributed by atoms with Crippen LogP contribution >= 0.6 is 12.2 Å². The van der Waals surface area contributed by atoms with Crippen LogP contribution in [0.25, 0.3) is 0 Å². The topological polar surface area (TPSA) is 57.7 Å². The first-order valence-electron chi connectivity index (χ1n) is 7.76. The molecule has 3 rings (SSSR count). The van der Waals surface area contributed by atoms with Crippen molar-refractivity contribution in [1.82, 2.24) is 0 Å². The number of thiocarbonyl (C=S) groups is 1. The van der Waals surface area contributed by atoms with Gasteiger partial charge in [-0.1, -0.05) is 36.4 Å². The lowest BCUT2D eigenvalue weighted by Gasteiger charge is -2.39. The van der Waals surface area contributed by atoms with Gasteiger partial charge >= 0.3 is 0 Å². The van der Waals surface area contributed by atoms with Crippen LogP contribution in [-0.2, 0) is 14.4 Å². The highest BCUT2D eigenvalue weighted by Crippen LogP contribution is 2.31. The largest absolute Gasteiger partial charge is 0.299 e. The number of anilines is 2. The standard InChI is InChI=1S/C19H16N2O3S/c1-12-8-6-7-11-15(12)21-18(24)16(13(2)22)17(23)20(19(21)25)14-9-4-3-5-10-14/h3-11,16H,1-2H3/t16-/m1/s1. The summed E-state index contributed by atoms with van der Waals surface area (Å²) in [5, 5.41) is 0.0491. The lowest BCUT2D eigenvalue weighted by molar-refractivity contribution is -0.138. The Labute approximate surface area is 150 Å². The second-order valence-electron chi connectivity index (χ2n) is 5.80. The zero-order chi connectivity index (χ0) is 18.1. The maximum atomic E-state index is 12.9. The van der Waals surface area contributed by atoms with Crippen molar-refractivity contribution in [3.05, 3.63) is 60.2 Å². The van der Waals surface area contributed by atoms with Crippen molar-refractivity contribution in [1.29, 1.82) is 0 Å². The van der Waals surface area contributed by atoms with Gasteiger partial charge < -0.3 is 0 Å². The summed E-state index contributed by atoms with van der Waals surface area (Å²) in [6, 6.07) is 16.0. The molecule has 2 aromatic carbocycles. The summed E-state index contributed by atoms with van der Waals surface area (Å²) in [5.41, 5.74) is 1.91. The van der Waals surface area contributed by atoms with E-state index in [2.05, 4.69) is 0 Å². The number of rotatable bonds is 3. The smallest absolute Gasteiger partial charge is 0.253 e. The number of carbonyl (C=O) groups is 3. The third-order valence-corrected chi connectivity index (χ3v) is 4.46. The first-order chi connectivity index (χ1) is 11.9. The van der Waals surface area contributed by atoms with Gasteiger partial charge in [0.15, 0.2) is 16.8 Å². The van der Waals surface area contributed by atoms with E-state index < -0.39 is 23.5 Å². The number of nitrogens with zero attached hydrogens (tertiary/aromatic N) is 2. The van der Waals surface area contributed by atoms with E-state index in [-0.39, 0.29) is 5.11 Å². The maximum Gasteiger partial charge on any atom is 0.253 e. The third-order valence-electron chi connectivity index (χ3n) is 4.09. The number of Topliss-reactive ketones (excluding diaryl/α,β-unsaturated/α-hetero) is 1. The SMILES string of the molecule is CC(=O)[C@@H]1C(=O)N(c2ccccc2)C(=S)N(c2ccccc2C)C1=O. The van der Waals surface area contributed by atoms with Crippen LogP contribution in [0.4, 0.5) is 11.4 Å². The summed E-state index contributed by atoms with van der Waals surface area (Å²) in [4.78, 5) is 40.3. The van der Waals surface area contributed by atoms with Crippen LogP contribution in [0.3, 0.4) is 0 Å². The summed E-state index contributed by atoms with van der Waals surface area (Å²) in [6.45, 7) is 3.09. The number of aryl methyl sites for hydroxylation is 1. The molecule has 0 N–H and O–H groups in total. The Hall–Kier alpha value is -2.86. The van der Waals surface area contributed by atoms with Crippen LogP contribution in [-0.4, -0.2) is 22.7 Å². The molecule has 1 aliphatic rings. The molecule has 5 nitrogen and oxygen atoms in total. The molecule has 0 saturated carbocycles. The Balaban J connectivity index is 2.17. The van der Waals surface area contributed by atoms with Crippen molar-refractivity contribution < 1.29 is 14.4 Å². The molecule has 1 aliphatic heterocycles. The molecule has 6 heteroatoms. The number of benzene rings is 2. The van der Waals surface area contributed by atoms with Crippen molar-refractivity contribution in [2.75, 3.05) is 9.80 Å². The molecule has 1 atom stereocenters. The Morgan fingerprint density at radius 1 is 0.920 bits per heavy atom. The minimum Gasteiger partial charge on any atom is -0.299 e. The molecule has 2 amide bonds. The number of hydrogen-bond acceptors (Lipinski definition) is 4. The number of carbonyl (C=O) groups excluding carboxylic acids is 3. The van der Waals surface area contributed by atoms with Gasteiger partial charge in [0.1, 0.15) is 0 Å². The molecule has 0 aromatic heterocycles. The predicted octanol–water partition coefficient (Wildman–Crippen LogP) is 2.86. The molecule has 0 spiro atoms. The lowest BCUT2D eigenvalue weighted by Crippen LogP contribution is -2.62. The van der Waals surface area contributed by atoms with E-state index in [9.17, 15) is 14.4 Å². The quantitative estimate of drug-likeness (QED) is 0.630. The Kier molecular flexibility index (Phi) is 4.46. The Morgan fingerprint density at radius 3 is 2.08 bits per heavy atom. The molecule has 0 aliphatic carbocycles. The van der Waals surface area contributed by atoms with Gasteiger partial charge in [-0.05, 0) is 49.8 Å². The normalized spacial score (nSPS) is 17.8. The highest BCUT2D eigenvalue weighted by Gasteiger charge is 2.47. The molecule has 1 fully saturated rings. The molecule has 0 radical (unpaired) electrons. The molecular formula is C19H16N2O3S. The molecule has 1 saturated heterocycles. The van der Waals surface area contributed by atoms with Crippen molar-refractivity contribution in [3.8, 4) is 0 Å². The van der Waals surface area contributed by atoms with Gasteiger partial charge in [-0.3, -0.25) is 24.2 Å². The van der Waals surface area contributed by atoms with E-state index in [1.807, 2.05) is 25.1 Å². The van der Waals surface area contributed by atoms with E-state index in [1.54, 1.807) is 36.4 Å². The summed E-state index contributed by atoms with van der Waals surface area (Å²) in [7, 11) is 0. The van der Waals surface area contributed by atoms with Crippen molar-refractivity contribution in [2.45, 2.75) is 13.8 Å². The molecule has 0 unspecified atom stereocenters. The molecule has 126 valence electrons. The first kappa shape index (κ1) is 17.0. The minimum absolute atomic E-state index is 0.0491. The highest BCUT2D eigenvalue weighted by atomic mass is 32.1. The summed E-state index contributed by atoms with van der Waals surface area (Å²) >= 11 is 5.46. The zero-order valence-electron chi connectivity index (χ0n) is 13.8. The second-order valence-corrected chi connectivity index (χ2v) is 6.16. The number of hydrogen-bond donors (Lipinski definition) is 0. The third kappa shape index (κ3) is 2.85. The van der Waals surface area contributed by atoms with E-state index in [0.29, 0.717) is 11.4 Å². The molecular weight excluding hydrogens is 336 g/mol. The van der Waals surface area contributed by atoms with Crippen LogP contribution in [0.5, 0.6) is 0 Å². The van der Waals surface area contributed by atoms with E-state index in [1.165, 1.54) is 16.7 Å². The average Bonchev–Trinajstić information content (AvgIpc) is 2.57. The first-order valence-corrected chi connectivity index (χ1v) is 8.17. The van der Waals surface area contributed by atoms with Gasteiger partial charge in [0.2, 0.25) is 0 Å². The van der Waals surface area contributed by atoms with Crippen LogP contribution in [0.15, 0.2) is 54.6 Å². The maximum absolute atomic E-state index is 12.9. The van der Waals surface area contributed by atoms with Gasteiger partial charge in [-0.15, -0.1) is 0 Å². The van der Waals surface area contributed by atoms with Gasteiger partial charge in [0, 0.05) is 0 Å². The molecule has 25 heavy (non-hydrogen) atoms. The van der Waals surface area contributed by atoms with E-state index >= 15 is 0 Å². The van der Waals surface area contributed by atoms with Crippen LogP contribution in [0, 0.1) is 12.8 Å². The van der Waals surface area contributed by atoms with Gasteiger partial charge in [0.05, 0.1) is 11.4 Å². The van der Waals surface area contributed by atoms with Crippen molar-refractivity contribution in [2.24, 2.45) is 5.92 Å². The highest BCUT2D eigenvalue weighted by molar-refractivity contribution is 7.81. The van der Waals surface area contributed by atoms with E-state index in [0.717, 1.165) is 5.56 Å². The number of para-hydroxylation sites is 2. The summed E-state index contributed by atoms with van der Waals surface area (Å²) < 4.78 is 0. The Bertz CT molecular complexity index is 879. The summed E-state index contributed by atoms with van der Waals surface area (Å²) in [6.07, 6.45) is 0. The fourth-order valence-electron chi connectivity index (χ4n) is 2.85. The monoisotopic (exact) mass is 352 g/mol. The van der Waals surface area contributed by atoms with Gasteiger partial charge in [-0.25, -0.2) is 0 Å². The fourth-order valence-corrected chi connectivity index (χ4v) is 3.23. The Morgan fingerprint density at radius 2 is 1.48 bits per heavy atom. The van der Waals surface area contributed by atoms with Crippen molar-refractivity contribution >= 4 is 46.3 Å². The summed E-state index contributed by atoms with van der Waals surface area (Å²) in [5.74, 6) is -3.12. The lowest BCUT2D eigenvalue weighted by atomic mass is 9.98. The number of amides is 2. The molecule has 2 aromatic rings. The van der Waals surface area contributed by atoms with Crippen LogP contribution in [0.1, 0.15) is 12.5 Å². The van der Waals surface area contributed by atoms with Gasteiger partial charge in [0.25, 0.3) is 11.8 Å². The van der Waals surface area contributed by atoms with Crippen LogP contribution < -0.4 is 9.80 Å². The second kappa shape index (κ2) is 6.57. The fraction of sp³-hybridized carbons (Fsp3) is 0.158. The average molecular weight is 352 g/mol. The molecule has 1 heterocycles. The number of ketones is 1. The van der Waals surface area contributed by atoms with Crippen molar-refractivity contribution in [3.63, 3.8) is 0 Å².